The average Bonchev–Trinajstić information content (AvgIpc) is 3.22. The molecule has 3 aromatic rings. The Morgan fingerprint density at radius 3 is 2.72 bits per heavy atom. The van der Waals surface area contributed by atoms with E-state index in [-0.39, 0.29) is 23.6 Å². The Hall–Kier alpha value is -3.74. The summed E-state index contributed by atoms with van der Waals surface area (Å²) in [5.74, 6) is -0.562. The molecule has 0 radical (unpaired) electrons. The van der Waals surface area contributed by atoms with E-state index in [1.807, 2.05) is 36.9 Å². The minimum atomic E-state index is -0.298. The summed E-state index contributed by atoms with van der Waals surface area (Å²) < 4.78 is 1.90. The Bertz CT molecular complexity index is 1130. The summed E-state index contributed by atoms with van der Waals surface area (Å²) >= 11 is 0. The number of pyridine rings is 1. The molecule has 1 atom stereocenters. The highest BCUT2D eigenvalue weighted by Crippen LogP contribution is 2.13. The molecule has 0 aliphatic heterocycles. The van der Waals surface area contributed by atoms with E-state index in [4.69, 9.17) is 0 Å². The fourth-order valence-corrected chi connectivity index (χ4v) is 3.29. The van der Waals surface area contributed by atoms with Crippen LogP contribution < -0.4 is 10.6 Å². The minimum absolute atomic E-state index is 0.203. The van der Waals surface area contributed by atoms with Crippen LogP contribution in [0.2, 0.25) is 0 Å². The molecular formula is C25H29N5O2. The SMILES string of the molecule is CCNC(=O)c1cc(C(=O)N[C@@H](C)/C=C/c2cnn(Cc3ccc(C)cc3C)c2)ccn1. The zero-order valence-corrected chi connectivity index (χ0v) is 18.9. The van der Waals surface area contributed by atoms with Crippen LogP contribution in [0.15, 0.2) is 55.0 Å². The van der Waals surface area contributed by atoms with Crippen molar-refractivity contribution in [2.24, 2.45) is 0 Å². The van der Waals surface area contributed by atoms with Gasteiger partial charge in [0.05, 0.1) is 12.7 Å². The lowest BCUT2D eigenvalue weighted by Gasteiger charge is -2.10. The summed E-state index contributed by atoms with van der Waals surface area (Å²) in [6, 6.07) is 9.30. The molecule has 0 bridgehead atoms. The average molecular weight is 432 g/mol. The van der Waals surface area contributed by atoms with Crippen molar-refractivity contribution in [2.45, 2.75) is 40.3 Å². The molecule has 0 spiro atoms. The molecule has 0 fully saturated rings. The Morgan fingerprint density at radius 2 is 1.97 bits per heavy atom. The number of aromatic nitrogens is 3. The van der Waals surface area contributed by atoms with Gasteiger partial charge in [0, 0.05) is 36.1 Å². The standard InChI is InChI=1S/C25H29N5O2/c1-5-26-25(32)23-13-21(10-11-27-23)24(31)29-19(4)7-8-20-14-28-30(15-20)16-22-9-6-17(2)12-18(22)3/h6-15,19H,5,16H2,1-4H3,(H,26,32)(H,29,31)/b8-7+/t19-/m0/s1. The van der Waals surface area contributed by atoms with Crippen LogP contribution in [0.25, 0.3) is 6.08 Å². The van der Waals surface area contributed by atoms with Crippen molar-refractivity contribution < 1.29 is 9.59 Å². The Labute approximate surface area is 188 Å². The molecule has 7 nitrogen and oxygen atoms in total. The van der Waals surface area contributed by atoms with Gasteiger partial charge in [-0.05, 0) is 51.0 Å². The Balaban J connectivity index is 1.59. The third-order valence-corrected chi connectivity index (χ3v) is 5.01. The summed E-state index contributed by atoms with van der Waals surface area (Å²) in [6.07, 6.45) is 9.08. The molecule has 0 aliphatic carbocycles. The number of nitrogens with zero attached hydrogens (tertiary/aromatic N) is 3. The van der Waals surface area contributed by atoms with E-state index in [9.17, 15) is 9.59 Å². The number of amides is 2. The first-order chi connectivity index (χ1) is 15.4. The first kappa shape index (κ1) is 22.9. The number of aryl methyl sites for hydroxylation is 2. The highest BCUT2D eigenvalue weighted by atomic mass is 16.2. The fraction of sp³-hybridized carbons (Fsp3) is 0.280. The second-order valence-corrected chi connectivity index (χ2v) is 7.81. The number of benzene rings is 1. The number of carbonyl (C=O) groups excluding carboxylic acids is 2. The van der Waals surface area contributed by atoms with Gasteiger partial charge in [0.15, 0.2) is 0 Å². The van der Waals surface area contributed by atoms with E-state index in [1.54, 1.807) is 12.3 Å². The number of hydrogen-bond donors (Lipinski definition) is 2. The van der Waals surface area contributed by atoms with Crippen molar-refractivity contribution in [3.63, 3.8) is 0 Å². The lowest BCUT2D eigenvalue weighted by molar-refractivity contribution is 0.0947. The lowest BCUT2D eigenvalue weighted by Crippen LogP contribution is -2.31. The summed E-state index contributed by atoms with van der Waals surface area (Å²) in [5, 5.41) is 10.0. The molecule has 0 saturated carbocycles. The van der Waals surface area contributed by atoms with Crippen LogP contribution in [0.3, 0.4) is 0 Å². The van der Waals surface area contributed by atoms with Gasteiger partial charge in [0.2, 0.25) is 0 Å². The smallest absolute Gasteiger partial charge is 0.269 e. The molecule has 1 aromatic carbocycles. The van der Waals surface area contributed by atoms with E-state index >= 15 is 0 Å². The molecule has 0 saturated heterocycles. The minimum Gasteiger partial charge on any atom is -0.351 e. The van der Waals surface area contributed by atoms with Gasteiger partial charge in [0.1, 0.15) is 5.69 Å². The Kier molecular flexibility index (Phi) is 7.54. The monoisotopic (exact) mass is 431 g/mol. The zero-order valence-electron chi connectivity index (χ0n) is 18.9. The number of nitrogens with one attached hydrogen (secondary N) is 2. The zero-order chi connectivity index (χ0) is 23.1. The largest absolute Gasteiger partial charge is 0.351 e. The third kappa shape index (κ3) is 6.14. The summed E-state index contributed by atoms with van der Waals surface area (Å²) in [4.78, 5) is 28.5. The van der Waals surface area contributed by atoms with Gasteiger partial charge in [-0.25, -0.2) is 0 Å². The second kappa shape index (κ2) is 10.5. The van der Waals surface area contributed by atoms with Gasteiger partial charge in [0.25, 0.3) is 11.8 Å². The maximum absolute atomic E-state index is 12.5. The first-order valence-electron chi connectivity index (χ1n) is 10.7. The van der Waals surface area contributed by atoms with E-state index < -0.39 is 0 Å². The highest BCUT2D eigenvalue weighted by Gasteiger charge is 2.12. The van der Waals surface area contributed by atoms with Gasteiger partial charge in [-0.2, -0.15) is 5.10 Å². The van der Waals surface area contributed by atoms with Crippen LogP contribution in [0.1, 0.15) is 56.9 Å². The summed E-state index contributed by atoms with van der Waals surface area (Å²) in [7, 11) is 0. The topological polar surface area (TPSA) is 88.9 Å². The van der Waals surface area contributed by atoms with Crippen LogP contribution in [0.5, 0.6) is 0 Å². The normalized spacial score (nSPS) is 12.0. The van der Waals surface area contributed by atoms with E-state index in [2.05, 4.69) is 52.8 Å². The second-order valence-electron chi connectivity index (χ2n) is 7.81. The van der Waals surface area contributed by atoms with Crippen molar-refractivity contribution >= 4 is 17.9 Å². The fourth-order valence-electron chi connectivity index (χ4n) is 3.29. The van der Waals surface area contributed by atoms with E-state index in [1.165, 1.54) is 29.0 Å². The molecular weight excluding hydrogens is 402 g/mol. The maximum atomic E-state index is 12.5. The number of hydrogen-bond acceptors (Lipinski definition) is 4. The lowest BCUT2D eigenvalue weighted by atomic mass is 10.1. The van der Waals surface area contributed by atoms with Crippen molar-refractivity contribution in [3.05, 3.63) is 88.5 Å². The molecule has 2 N–H and O–H groups in total. The van der Waals surface area contributed by atoms with Crippen LogP contribution in [-0.2, 0) is 6.54 Å². The number of carbonyl (C=O) groups is 2. The summed E-state index contributed by atoms with van der Waals surface area (Å²) in [6.45, 7) is 9.13. The van der Waals surface area contributed by atoms with Gasteiger partial charge < -0.3 is 10.6 Å². The van der Waals surface area contributed by atoms with Crippen LogP contribution in [0.4, 0.5) is 0 Å². The summed E-state index contributed by atoms with van der Waals surface area (Å²) in [5.41, 5.74) is 5.30. The van der Waals surface area contributed by atoms with Gasteiger partial charge in [-0.1, -0.05) is 35.9 Å². The predicted molar refractivity (Wildman–Crippen MR) is 125 cm³/mol. The molecule has 7 heteroatoms. The quantitative estimate of drug-likeness (QED) is 0.571. The van der Waals surface area contributed by atoms with Crippen molar-refractivity contribution in [3.8, 4) is 0 Å². The molecule has 32 heavy (non-hydrogen) atoms. The molecule has 3 rings (SSSR count). The van der Waals surface area contributed by atoms with Crippen molar-refractivity contribution in [2.75, 3.05) is 6.54 Å². The number of rotatable bonds is 8. The van der Waals surface area contributed by atoms with Gasteiger partial charge >= 0.3 is 0 Å². The van der Waals surface area contributed by atoms with Crippen molar-refractivity contribution in [1.29, 1.82) is 0 Å². The van der Waals surface area contributed by atoms with Gasteiger partial charge in [-0.3, -0.25) is 19.3 Å². The van der Waals surface area contributed by atoms with Gasteiger partial charge in [-0.15, -0.1) is 0 Å². The molecule has 2 heterocycles. The molecule has 0 unspecified atom stereocenters. The van der Waals surface area contributed by atoms with Crippen LogP contribution in [-0.4, -0.2) is 39.2 Å². The van der Waals surface area contributed by atoms with Crippen molar-refractivity contribution in [1.82, 2.24) is 25.4 Å². The molecule has 2 aromatic heterocycles. The molecule has 166 valence electrons. The third-order valence-electron chi connectivity index (χ3n) is 5.01. The van der Waals surface area contributed by atoms with Crippen LogP contribution >= 0.6 is 0 Å². The Morgan fingerprint density at radius 1 is 1.16 bits per heavy atom. The first-order valence-corrected chi connectivity index (χ1v) is 10.7. The highest BCUT2D eigenvalue weighted by molar-refractivity contribution is 5.98. The van der Waals surface area contributed by atoms with E-state index in [0.29, 0.717) is 18.7 Å². The predicted octanol–water partition coefficient (Wildman–Crippen LogP) is 3.52. The molecule has 0 aliphatic rings. The maximum Gasteiger partial charge on any atom is 0.269 e. The molecule has 2 amide bonds. The van der Waals surface area contributed by atoms with E-state index in [0.717, 1.165) is 5.56 Å². The van der Waals surface area contributed by atoms with Crippen LogP contribution in [0, 0.1) is 13.8 Å².